The molecular formula is C13H9BrCl2N2O2. The zero-order chi connectivity index (χ0) is 14.7. The van der Waals surface area contributed by atoms with Gasteiger partial charge in [0.05, 0.1) is 19.4 Å². The van der Waals surface area contributed by atoms with Crippen molar-refractivity contribution in [3.8, 4) is 0 Å². The van der Waals surface area contributed by atoms with Crippen LogP contribution >= 0.6 is 39.1 Å². The third-order valence-electron chi connectivity index (χ3n) is 2.63. The first-order valence-corrected chi connectivity index (χ1v) is 7.14. The van der Waals surface area contributed by atoms with Crippen LogP contribution in [0, 0.1) is 10.1 Å². The molecule has 4 nitrogen and oxygen atoms in total. The highest BCUT2D eigenvalue weighted by molar-refractivity contribution is 9.10. The number of benzene rings is 2. The maximum atomic E-state index is 10.7. The van der Waals surface area contributed by atoms with Gasteiger partial charge in [0.2, 0.25) is 0 Å². The second kappa shape index (κ2) is 6.43. The van der Waals surface area contributed by atoms with Gasteiger partial charge in [0.1, 0.15) is 0 Å². The third-order valence-corrected chi connectivity index (χ3v) is 4.00. The Hall–Kier alpha value is -1.30. The molecule has 0 radical (unpaired) electrons. The van der Waals surface area contributed by atoms with E-state index in [1.807, 2.05) is 6.07 Å². The third kappa shape index (κ3) is 3.62. The molecular weight excluding hydrogens is 367 g/mol. The van der Waals surface area contributed by atoms with Crippen molar-refractivity contribution in [1.29, 1.82) is 0 Å². The molecule has 0 saturated carbocycles. The van der Waals surface area contributed by atoms with Gasteiger partial charge in [0, 0.05) is 18.3 Å². The minimum absolute atomic E-state index is 0.0325. The fourth-order valence-corrected chi connectivity index (χ4v) is 2.46. The quantitative estimate of drug-likeness (QED) is 0.584. The summed E-state index contributed by atoms with van der Waals surface area (Å²) >= 11 is 15.0. The van der Waals surface area contributed by atoms with Crippen molar-refractivity contribution < 1.29 is 4.92 Å². The van der Waals surface area contributed by atoms with Gasteiger partial charge in [-0.3, -0.25) is 10.1 Å². The second-order valence-corrected chi connectivity index (χ2v) is 5.69. The first kappa shape index (κ1) is 15.1. The van der Waals surface area contributed by atoms with Crippen molar-refractivity contribution in [2.24, 2.45) is 0 Å². The van der Waals surface area contributed by atoms with Crippen LogP contribution in [0.15, 0.2) is 40.9 Å². The Morgan fingerprint density at radius 3 is 2.50 bits per heavy atom. The lowest BCUT2D eigenvalue weighted by Crippen LogP contribution is -2.00. The van der Waals surface area contributed by atoms with Crippen LogP contribution in [0.2, 0.25) is 10.0 Å². The Morgan fingerprint density at radius 1 is 1.15 bits per heavy atom. The zero-order valence-corrected chi connectivity index (χ0v) is 13.2. The van der Waals surface area contributed by atoms with Gasteiger partial charge >= 0.3 is 0 Å². The lowest BCUT2D eigenvalue weighted by atomic mass is 10.2. The van der Waals surface area contributed by atoms with Gasteiger partial charge in [-0.1, -0.05) is 29.3 Å². The molecule has 0 saturated heterocycles. The van der Waals surface area contributed by atoms with Gasteiger partial charge in [-0.2, -0.15) is 0 Å². The molecule has 0 aliphatic carbocycles. The maximum Gasteiger partial charge on any atom is 0.283 e. The summed E-state index contributed by atoms with van der Waals surface area (Å²) in [5.74, 6) is 0. The smallest absolute Gasteiger partial charge is 0.283 e. The number of hydrogen-bond acceptors (Lipinski definition) is 3. The first-order valence-electron chi connectivity index (χ1n) is 5.59. The molecule has 2 aromatic carbocycles. The molecule has 0 bridgehead atoms. The summed E-state index contributed by atoms with van der Waals surface area (Å²) in [6, 6.07) is 10.1. The van der Waals surface area contributed by atoms with Gasteiger partial charge in [-0.05, 0) is 45.8 Å². The Kier molecular flexibility index (Phi) is 4.86. The molecule has 20 heavy (non-hydrogen) atoms. The van der Waals surface area contributed by atoms with Gasteiger partial charge in [-0.25, -0.2) is 0 Å². The van der Waals surface area contributed by atoms with E-state index in [0.717, 1.165) is 11.3 Å². The highest BCUT2D eigenvalue weighted by Crippen LogP contribution is 2.28. The van der Waals surface area contributed by atoms with E-state index in [2.05, 4.69) is 21.2 Å². The highest BCUT2D eigenvalue weighted by Gasteiger charge is 2.11. The standard InChI is InChI=1S/C13H9BrCl2N2O2/c14-10-6-9(2-4-13(10)18(19)20)17-7-8-1-3-11(15)12(16)5-8/h1-6,17H,7H2. The van der Waals surface area contributed by atoms with E-state index < -0.39 is 4.92 Å². The number of nitro benzene ring substituents is 1. The van der Waals surface area contributed by atoms with Crippen LogP contribution < -0.4 is 5.32 Å². The monoisotopic (exact) mass is 374 g/mol. The molecule has 1 N–H and O–H groups in total. The van der Waals surface area contributed by atoms with Crippen molar-refractivity contribution in [2.75, 3.05) is 5.32 Å². The predicted molar refractivity (Wildman–Crippen MR) is 84.6 cm³/mol. The lowest BCUT2D eigenvalue weighted by molar-refractivity contribution is -0.385. The predicted octanol–water partition coefficient (Wildman–Crippen LogP) is 5.28. The largest absolute Gasteiger partial charge is 0.381 e. The Morgan fingerprint density at radius 2 is 1.90 bits per heavy atom. The number of rotatable bonds is 4. The highest BCUT2D eigenvalue weighted by atomic mass is 79.9. The molecule has 0 unspecified atom stereocenters. The fraction of sp³-hybridized carbons (Fsp3) is 0.0769. The van der Waals surface area contributed by atoms with Crippen LogP contribution in [0.3, 0.4) is 0 Å². The number of nitrogens with one attached hydrogen (secondary N) is 1. The summed E-state index contributed by atoms with van der Waals surface area (Å²) in [5, 5.41) is 14.9. The van der Waals surface area contributed by atoms with Crippen LogP contribution in [-0.2, 0) is 6.54 Å². The average Bonchev–Trinajstić information content (AvgIpc) is 2.40. The topological polar surface area (TPSA) is 55.2 Å². The molecule has 0 aliphatic heterocycles. The molecule has 0 amide bonds. The molecule has 0 atom stereocenters. The Balaban J connectivity index is 2.09. The van der Waals surface area contributed by atoms with Crippen molar-refractivity contribution in [3.05, 3.63) is 66.6 Å². The Labute approximate surface area is 134 Å². The molecule has 0 spiro atoms. The molecule has 0 heterocycles. The summed E-state index contributed by atoms with van der Waals surface area (Å²) in [6.45, 7) is 0.543. The van der Waals surface area contributed by atoms with Crippen LogP contribution in [0.1, 0.15) is 5.56 Å². The van der Waals surface area contributed by atoms with E-state index in [-0.39, 0.29) is 5.69 Å². The SMILES string of the molecule is O=[N+]([O-])c1ccc(NCc2ccc(Cl)c(Cl)c2)cc1Br. The number of nitrogens with zero attached hydrogens (tertiary/aromatic N) is 1. The van der Waals surface area contributed by atoms with Crippen molar-refractivity contribution in [3.63, 3.8) is 0 Å². The average molecular weight is 376 g/mol. The van der Waals surface area contributed by atoms with Crippen molar-refractivity contribution >= 4 is 50.5 Å². The number of anilines is 1. The lowest BCUT2D eigenvalue weighted by Gasteiger charge is -2.08. The van der Waals surface area contributed by atoms with Crippen LogP contribution in [0.5, 0.6) is 0 Å². The maximum absolute atomic E-state index is 10.7. The fourth-order valence-electron chi connectivity index (χ4n) is 1.62. The van der Waals surface area contributed by atoms with Gasteiger partial charge in [-0.15, -0.1) is 0 Å². The van der Waals surface area contributed by atoms with E-state index in [4.69, 9.17) is 23.2 Å². The summed E-state index contributed by atoms with van der Waals surface area (Å²) in [4.78, 5) is 10.3. The van der Waals surface area contributed by atoms with E-state index >= 15 is 0 Å². The van der Waals surface area contributed by atoms with Gasteiger partial charge in [0.25, 0.3) is 5.69 Å². The van der Waals surface area contributed by atoms with Crippen molar-refractivity contribution in [2.45, 2.75) is 6.54 Å². The van der Waals surface area contributed by atoms with Gasteiger partial charge in [0.15, 0.2) is 0 Å². The summed E-state index contributed by atoms with van der Waals surface area (Å²) in [5.41, 5.74) is 1.77. The summed E-state index contributed by atoms with van der Waals surface area (Å²) in [7, 11) is 0. The number of nitro groups is 1. The first-order chi connectivity index (χ1) is 9.47. The molecule has 104 valence electrons. The van der Waals surface area contributed by atoms with Gasteiger partial charge < -0.3 is 5.32 Å². The van der Waals surface area contributed by atoms with E-state index in [9.17, 15) is 10.1 Å². The molecule has 2 aromatic rings. The van der Waals surface area contributed by atoms with E-state index in [0.29, 0.717) is 21.1 Å². The minimum Gasteiger partial charge on any atom is -0.381 e. The Bertz CT molecular complexity index is 665. The van der Waals surface area contributed by atoms with Crippen LogP contribution in [0.4, 0.5) is 11.4 Å². The number of hydrogen-bond donors (Lipinski definition) is 1. The number of halogens is 3. The minimum atomic E-state index is -0.438. The molecule has 0 aromatic heterocycles. The zero-order valence-electron chi connectivity index (χ0n) is 10.1. The van der Waals surface area contributed by atoms with Crippen LogP contribution in [-0.4, -0.2) is 4.92 Å². The van der Waals surface area contributed by atoms with Crippen molar-refractivity contribution in [1.82, 2.24) is 0 Å². The summed E-state index contributed by atoms with van der Waals surface area (Å²) in [6.07, 6.45) is 0. The normalized spacial score (nSPS) is 10.3. The molecule has 0 aliphatic rings. The molecule has 2 rings (SSSR count). The van der Waals surface area contributed by atoms with E-state index in [1.165, 1.54) is 6.07 Å². The second-order valence-electron chi connectivity index (χ2n) is 4.03. The van der Waals surface area contributed by atoms with Crippen LogP contribution in [0.25, 0.3) is 0 Å². The summed E-state index contributed by atoms with van der Waals surface area (Å²) < 4.78 is 0.432. The molecule has 7 heteroatoms. The van der Waals surface area contributed by atoms with E-state index in [1.54, 1.807) is 24.3 Å². The molecule has 0 fully saturated rings.